The van der Waals surface area contributed by atoms with E-state index in [0.717, 1.165) is 5.56 Å². The Hall–Kier alpha value is -2.38. The fourth-order valence-electron chi connectivity index (χ4n) is 2.70. The highest BCUT2D eigenvalue weighted by atomic mass is 19.3. The topological polar surface area (TPSA) is 78.9 Å². The van der Waals surface area contributed by atoms with Gasteiger partial charge in [0, 0.05) is 25.2 Å². The van der Waals surface area contributed by atoms with E-state index in [4.69, 9.17) is 5.11 Å². The van der Waals surface area contributed by atoms with Crippen LogP contribution in [0.5, 0.6) is 5.75 Å². The van der Waals surface area contributed by atoms with Gasteiger partial charge in [0.1, 0.15) is 5.75 Å². The van der Waals surface area contributed by atoms with Crippen LogP contribution in [0.25, 0.3) is 0 Å². The lowest BCUT2D eigenvalue weighted by Crippen LogP contribution is -2.46. The maximum absolute atomic E-state index is 12.4. The molecule has 6 nitrogen and oxygen atoms in total. The highest BCUT2D eigenvalue weighted by molar-refractivity contribution is 5.76. The average Bonchev–Trinajstić information content (AvgIpc) is 2.54. The first kappa shape index (κ1) is 18.0. The Labute approximate surface area is 138 Å². The van der Waals surface area contributed by atoms with Crippen LogP contribution in [0.2, 0.25) is 0 Å². The molecule has 2 N–H and O–H groups in total. The minimum atomic E-state index is -2.94. The van der Waals surface area contributed by atoms with E-state index < -0.39 is 24.5 Å². The van der Waals surface area contributed by atoms with Gasteiger partial charge in [0.15, 0.2) is 0 Å². The number of carboxylic acid groups (broad SMARTS) is 1. The van der Waals surface area contributed by atoms with Crippen molar-refractivity contribution in [3.63, 3.8) is 0 Å². The molecule has 24 heavy (non-hydrogen) atoms. The Kier molecular flexibility index (Phi) is 5.94. The van der Waals surface area contributed by atoms with Crippen molar-refractivity contribution >= 4 is 12.0 Å². The van der Waals surface area contributed by atoms with E-state index in [2.05, 4.69) is 10.1 Å². The predicted octanol–water partition coefficient (Wildman–Crippen LogP) is 2.60. The minimum Gasteiger partial charge on any atom is -0.481 e. The number of aryl methyl sites for hydroxylation is 1. The molecule has 0 saturated carbocycles. The van der Waals surface area contributed by atoms with Crippen LogP contribution in [0.15, 0.2) is 18.2 Å². The second kappa shape index (κ2) is 7.94. The number of rotatable bonds is 5. The number of carboxylic acids is 1. The molecule has 2 amide bonds. The number of likely N-dealkylation sites (tertiary alicyclic amines) is 1. The number of nitrogens with zero attached hydrogens (tertiary/aromatic N) is 1. The van der Waals surface area contributed by atoms with Crippen molar-refractivity contribution in [3.8, 4) is 5.75 Å². The molecule has 0 aliphatic carbocycles. The summed E-state index contributed by atoms with van der Waals surface area (Å²) in [6.07, 6.45) is 1.16. The second-order valence-electron chi connectivity index (χ2n) is 5.77. The molecule has 1 heterocycles. The van der Waals surface area contributed by atoms with Gasteiger partial charge < -0.3 is 20.1 Å². The number of nitrogens with one attached hydrogen (secondary N) is 1. The van der Waals surface area contributed by atoms with Gasteiger partial charge in [0.2, 0.25) is 0 Å². The third kappa shape index (κ3) is 4.81. The number of benzene rings is 1. The van der Waals surface area contributed by atoms with Crippen molar-refractivity contribution in [1.82, 2.24) is 10.2 Å². The number of ether oxygens (including phenoxy) is 1. The largest absolute Gasteiger partial charge is 0.481 e. The van der Waals surface area contributed by atoms with E-state index in [1.807, 2.05) is 0 Å². The van der Waals surface area contributed by atoms with Crippen LogP contribution in [-0.2, 0) is 11.3 Å². The van der Waals surface area contributed by atoms with Crippen molar-refractivity contribution in [2.24, 2.45) is 5.92 Å². The number of halogens is 2. The molecule has 8 heteroatoms. The summed E-state index contributed by atoms with van der Waals surface area (Å²) in [4.78, 5) is 24.7. The van der Waals surface area contributed by atoms with Crippen LogP contribution in [-0.4, -0.2) is 41.7 Å². The third-order valence-corrected chi connectivity index (χ3v) is 3.92. The predicted molar refractivity (Wildman–Crippen MR) is 82.0 cm³/mol. The lowest BCUT2D eigenvalue weighted by atomic mass is 9.99. The monoisotopic (exact) mass is 342 g/mol. The molecule has 1 atom stereocenters. The van der Waals surface area contributed by atoms with Crippen molar-refractivity contribution in [2.75, 3.05) is 13.1 Å². The van der Waals surface area contributed by atoms with Crippen LogP contribution >= 0.6 is 0 Å². The van der Waals surface area contributed by atoms with Crippen molar-refractivity contribution < 1.29 is 28.2 Å². The molecule has 1 aromatic rings. The number of carbonyl (C=O) groups is 2. The summed E-state index contributed by atoms with van der Waals surface area (Å²) < 4.78 is 29.3. The van der Waals surface area contributed by atoms with Crippen LogP contribution in [0.3, 0.4) is 0 Å². The molecule has 1 fully saturated rings. The van der Waals surface area contributed by atoms with Gasteiger partial charge in [-0.05, 0) is 25.8 Å². The van der Waals surface area contributed by atoms with Gasteiger partial charge in [-0.2, -0.15) is 8.78 Å². The number of hydrogen-bond acceptors (Lipinski definition) is 3. The Morgan fingerprint density at radius 1 is 1.46 bits per heavy atom. The summed E-state index contributed by atoms with van der Waals surface area (Å²) >= 11 is 0. The van der Waals surface area contributed by atoms with Crippen molar-refractivity contribution in [3.05, 3.63) is 29.3 Å². The first-order chi connectivity index (χ1) is 11.4. The lowest BCUT2D eigenvalue weighted by Gasteiger charge is -2.30. The van der Waals surface area contributed by atoms with Crippen LogP contribution in [0.4, 0.5) is 13.6 Å². The van der Waals surface area contributed by atoms with Gasteiger partial charge in [-0.15, -0.1) is 0 Å². The number of urea groups is 1. The highest BCUT2D eigenvalue weighted by Crippen LogP contribution is 2.22. The maximum Gasteiger partial charge on any atom is 0.387 e. The van der Waals surface area contributed by atoms with E-state index in [1.165, 1.54) is 11.0 Å². The first-order valence-corrected chi connectivity index (χ1v) is 7.66. The van der Waals surface area contributed by atoms with Gasteiger partial charge in [-0.3, -0.25) is 4.79 Å². The molecule has 0 radical (unpaired) electrons. The van der Waals surface area contributed by atoms with Gasteiger partial charge >= 0.3 is 18.6 Å². The fraction of sp³-hybridized carbons (Fsp3) is 0.500. The zero-order valence-corrected chi connectivity index (χ0v) is 13.3. The molecule has 0 bridgehead atoms. The molecular weight excluding hydrogens is 322 g/mol. The Bertz CT molecular complexity index is 610. The summed E-state index contributed by atoms with van der Waals surface area (Å²) in [7, 11) is 0. The van der Waals surface area contributed by atoms with Crippen LogP contribution in [0.1, 0.15) is 24.0 Å². The molecule has 1 aromatic carbocycles. The minimum absolute atomic E-state index is 0.0120. The lowest BCUT2D eigenvalue weighted by molar-refractivity contribution is -0.143. The van der Waals surface area contributed by atoms with Gasteiger partial charge in [0.25, 0.3) is 0 Å². The number of amides is 2. The van der Waals surface area contributed by atoms with Crippen molar-refractivity contribution in [2.45, 2.75) is 32.9 Å². The van der Waals surface area contributed by atoms with Crippen molar-refractivity contribution in [1.29, 1.82) is 0 Å². The zero-order chi connectivity index (χ0) is 17.7. The number of hydrogen-bond donors (Lipinski definition) is 2. The summed E-state index contributed by atoms with van der Waals surface area (Å²) in [5, 5.41) is 11.7. The molecule has 0 aromatic heterocycles. The summed E-state index contributed by atoms with van der Waals surface area (Å²) in [5.74, 6) is -1.47. The smallest absolute Gasteiger partial charge is 0.387 e. The van der Waals surface area contributed by atoms with E-state index in [9.17, 15) is 18.4 Å². The fourth-order valence-corrected chi connectivity index (χ4v) is 2.70. The first-order valence-electron chi connectivity index (χ1n) is 7.66. The van der Waals surface area contributed by atoms with Crippen LogP contribution < -0.4 is 10.1 Å². The quantitative estimate of drug-likeness (QED) is 0.862. The van der Waals surface area contributed by atoms with E-state index in [-0.39, 0.29) is 18.8 Å². The molecule has 1 unspecified atom stereocenters. The Balaban J connectivity index is 1.98. The summed E-state index contributed by atoms with van der Waals surface area (Å²) in [6, 6.07) is 4.33. The van der Waals surface area contributed by atoms with Gasteiger partial charge in [-0.1, -0.05) is 17.7 Å². The SMILES string of the molecule is Cc1ccc(OC(F)F)c(CNC(=O)N2CCCC(C(=O)O)C2)c1. The normalized spacial score (nSPS) is 17.7. The summed E-state index contributed by atoms with van der Waals surface area (Å²) in [5.41, 5.74) is 1.29. The average molecular weight is 342 g/mol. The molecule has 2 rings (SSSR count). The van der Waals surface area contributed by atoms with E-state index in [1.54, 1.807) is 19.1 Å². The third-order valence-electron chi connectivity index (χ3n) is 3.92. The Morgan fingerprint density at radius 2 is 2.21 bits per heavy atom. The molecule has 1 aliphatic rings. The summed E-state index contributed by atoms with van der Waals surface area (Å²) in [6.45, 7) is -0.490. The number of piperidine rings is 1. The molecule has 1 saturated heterocycles. The van der Waals surface area contributed by atoms with Gasteiger partial charge in [-0.25, -0.2) is 4.79 Å². The standard InChI is InChI=1S/C16H20F2N2O4/c1-10-4-5-13(24-15(17)18)12(7-10)8-19-16(23)20-6-2-3-11(9-20)14(21)22/h4-5,7,11,15H,2-3,6,8-9H2,1H3,(H,19,23)(H,21,22). The zero-order valence-electron chi connectivity index (χ0n) is 13.3. The van der Waals surface area contributed by atoms with E-state index in [0.29, 0.717) is 24.9 Å². The molecular formula is C16H20F2N2O4. The Morgan fingerprint density at radius 3 is 2.88 bits per heavy atom. The molecule has 1 aliphatic heterocycles. The molecule has 0 spiro atoms. The van der Waals surface area contributed by atoms with Crippen LogP contribution in [0, 0.1) is 12.8 Å². The number of alkyl halides is 2. The number of carbonyl (C=O) groups excluding carboxylic acids is 1. The van der Waals surface area contributed by atoms with Gasteiger partial charge in [0.05, 0.1) is 5.92 Å². The second-order valence-corrected chi connectivity index (χ2v) is 5.77. The highest BCUT2D eigenvalue weighted by Gasteiger charge is 2.28. The maximum atomic E-state index is 12.4. The van der Waals surface area contributed by atoms with E-state index >= 15 is 0 Å². The number of aliphatic carboxylic acids is 1. The molecule has 132 valence electrons.